The fourth-order valence-electron chi connectivity index (χ4n) is 2.42. The van der Waals surface area contributed by atoms with Crippen molar-refractivity contribution in [2.45, 2.75) is 0 Å². The van der Waals surface area contributed by atoms with Gasteiger partial charge < -0.3 is 15.5 Å². The van der Waals surface area contributed by atoms with Crippen LogP contribution in [0.1, 0.15) is 11.3 Å². The lowest BCUT2D eigenvalue weighted by molar-refractivity contribution is 0.312. The Morgan fingerprint density at radius 3 is 2.60 bits per heavy atom. The Balaban J connectivity index is 1.70. The van der Waals surface area contributed by atoms with Gasteiger partial charge in [-0.3, -0.25) is 4.98 Å². The van der Waals surface area contributed by atoms with Crippen molar-refractivity contribution in [2.24, 2.45) is 15.9 Å². The minimum atomic E-state index is 0.230. The smallest absolute Gasteiger partial charge is 0.173 e. The van der Waals surface area contributed by atoms with Crippen molar-refractivity contribution >= 4 is 29.5 Å². The van der Waals surface area contributed by atoms with Gasteiger partial charge in [-0.2, -0.15) is 5.10 Å². The zero-order chi connectivity index (χ0) is 17.6. The van der Waals surface area contributed by atoms with Crippen LogP contribution in [0.5, 0.6) is 0 Å². The molecule has 3 rings (SSSR count). The van der Waals surface area contributed by atoms with Crippen LogP contribution in [-0.4, -0.2) is 60.1 Å². The van der Waals surface area contributed by atoms with Crippen molar-refractivity contribution in [2.75, 3.05) is 38.1 Å². The van der Waals surface area contributed by atoms with Crippen molar-refractivity contribution in [1.29, 1.82) is 0 Å². The zero-order valence-electron chi connectivity index (χ0n) is 14.0. The number of amidine groups is 1. The van der Waals surface area contributed by atoms with Gasteiger partial charge in [0.05, 0.1) is 18.6 Å². The summed E-state index contributed by atoms with van der Waals surface area (Å²) in [4.78, 5) is 13.3. The van der Waals surface area contributed by atoms with E-state index < -0.39 is 0 Å². The molecule has 0 bridgehead atoms. The molecular formula is C17H20ClN7. The molecule has 1 saturated heterocycles. The molecule has 1 fully saturated rings. The van der Waals surface area contributed by atoms with E-state index in [-0.39, 0.29) is 5.84 Å². The van der Waals surface area contributed by atoms with Crippen molar-refractivity contribution in [3.8, 4) is 0 Å². The molecular weight excluding hydrogens is 338 g/mol. The lowest BCUT2D eigenvalue weighted by atomic mass is 10.2. The van der Waals surface area contributed by atoms with Crippen LogP contribution in [0.3, 0.4) is 0 Å². The summed E-state index contributed by atoms with van der Waals surface area (Å²) in [6, 6.07) is 7.29. The number of hydrogen-bond acceptors (Lipinski definition) is 6. The molecule has 0 aliphatic carbocycles. The molecule has 2 aromatic rings. The van der Waals surface area contributed by atoms with Gasteiger partial charge in [-0.15, -0.1) is 5.10 Å². The summed E-state index contributed by atoms with van der Waals surface area (Å²) in [5.41, 5.74) is 7.40. The Morgan fingerprint density at radius 1 is 1.16 bits per heavy atom. The Hall–Kier alpha value is -2.51. The fraction of sp³-hybridized carbons (Fsp3) is 0.294. The number of rotatable bonds is 4. The number of halogens is 1. The molecule has 1 aromatic heterocycles. The maximum atomic E-state index is 5.99. The van der Waals surface area contributed by atoms with Crippen molar-refractivity contribution in [3.05, 3.63) is 52.9 Å². The average Bonchev–Trinajstić information content (AvgIpc) is 2.64. The van der Waals surface area contributed by atoms with E-state index in [2.05, 4.69) is 37.0 Å². The van der Waals surface area contributed by atoms with E-state index in [1.807, 2.05) is 12.1 Å². The second kappa shape index (κ2) is 8.04. The number of nitrogens with zero attached hydrogens (tertiary/aromatic N) is 6. The second-order valence-corrected chi connectivity index (χ2v) is 6.27. The van der Waals surface area contributed by atoms with Crippen LogP contribution in [0.15, 0.2) is 46.9 Å². The molecule has 2 N–H and O–H groups in total. The zero-order valence-corrected chi connectivity index (χ0v) is 14.8. The monoisotopic (exact) mass is 357 g/mol. The molecule has 130 valence electrons. The Morgan fingerprint density at radius 2 is 1.88 bits per heavy atom. The van der Waals surface area contributed by atoms with Crippen molar-refractivity contribution in [1.82, 2.24) is 14.9 Å². The first-order chi connectivity index (χ1) is 12.1. The number of aromatic nitrogens is 2. The first-order valence-corrected chi connectivity index (χ1v) is 8.37. The Kier molecular flexibility index (Phi) is 5.57. The number of piperazine rings is 1. The molecule has 0 saturated carbocycles. The molecule has 1 aliphatic rings. The summed E-state index contributed by atoms with van der Waals surface area (Å²) in [6.45, 7) is 3.84. The van der Waals surface area contributed by atoms with Crippen molar-refractivity contribution in [3.63, 3.8) is 0 Å². The second-order valence-electron chi connectivity index (χ2n) is 5.83. The highest BCUT2D eigenvalue weighted by Crippen LogP contribution is 2.12. The molecule has 0 amide bonds. The van der Waals surface area contributed by atoms with Crippen LogP contribution in [0.2, 0.25) is 5.02 Å². The predicted octanol–water partition coefficient (Wildman–Crippen LogP) is 1.62. The van der Waals surface area contributed by atoms with E-state index in [9.17, 15) is 0 Å². The van der Waals surface area contributed by atoms with E-state index in [1.54, 1.807) is 30.7 Å². The maximum absolute atomic E-state index is 5.99. The topological polar surface area (TPSA) is 83.0 Å². The van der Waals surface area contributed by atoms with E-state index in [0.717, 1.165) is 37.6 Å². The molecule has 0 unspecified atom stereocenters. The first kappa shape index (κ1) is 17.3. The first-order valence-electron chi connectivity index (χ1n) is 8.00. The molecule has 8 heteroatoms. The highest BCUT2D eigenvalue weighted by atomic mass is 35.5. The minimum absolute atomic E-state index is 0.230. The van der Waals surface area contributed by atoms with E-state index in [4.69, 9.17) is 17.3 Å². The quantitative estimate of drug-likeness (QED) is 0.510. The molecule has 1 aromatic carbocycles. The highest BCUT2D eigenvalue weighted by Gasteiger charge is 2.16. The van der Waals surface area contributed by atoms with E-state index in [0.29, 0.717) is 10.7 Å². The predicted molar refractivity (Wildman–Crippen MR) is 102 cm³/mol. The summed E-state index contributed by atoms with van der Waals surface area (Å²) >= 11 is 5.85. The lowest BCUT2D eigenvalue weighted by Gasteiger charge is -2.33. The Bertz CT molecular complexity index is 765. The third-order valence-corrected chi connectivity index (χ3v) is 4.21. The van der Waals surface area contributed by atoms with E-state index in [1.165, 1.54) is 0 Å². The van der Waals surface area contributed by atoms with Gasteiger partial charge in [0.1, 0.15) is 11.5 Å². The van der Waals surface area contributed by atoms with Gasteiger partial charge in [0.25, 0.3) is 0 Å². The van der Waals surface area contributed by atoms with Crippen LogP contribution in [0.4, 0.5) is 5.82 Å². The largest absolute Gasteiger partial charge is 0.380 e. The summed E-state index contributed by atoms with van der Waals surface area (Å²) in [6.07, 6.45) is 4.95. The van der Waals surface area contributed by atoms with Gasteiger partial charge in [0.15, 0.2) is 5.84 Å². The number of anilines is 1. The SMILES string of the molecule is CN1CCN(c2cncc(/C(N)=N/N=C/c3ccc(Cl)cc3)n2)CC1. The number of benzene rings is 1. The van der Waals surface area contributed by atoms with Crippen LogP contribution in [0.25, 0.3) is 0 Å². The van der Waals surface area contributed by atoms with E-state index >= 15 is 0 Å². The normalized spacial score (nSPS) is 16.6. The minimum Gasteiger partial charge on any atom is -0.380 e. The molecule has 7 nitrogen and oxygen atoms in total. The standard InChI is InChI=1S/C17H20ClN7/c1-24-6-8-25(9-7-24)16-12-20-11-15(22-16)17(19)23-21-10-13-2-4-14(18)5-3-13/h2-5,10-12H,6-9H2,1H3,(H2,19,23)/b21-10+. The van der Waals surface area contributed by atoms with Gasteiger partial charge >= 0.3 is 0 Å². The van der Waals surface area contributed by atoms with Gasteiger partial charge in [-0.05, 0) is 24.7 Å². The Labute approximate surface area is 151 Å². The van der Waals surface area contributed by atoms with Gasteiger partial charge in [-0.1, -0.05) is 23.7 Å². The van der Waals surface area contributed by atoms with Crippen LogP contribution >= 0.6 is 11.6 Å². The molecule has 1 aliphatic heterocycles. The summed E-state index contributed by atoms with van der Waals surface area (Å²) in [7, 11) is 2.11. The van der Waals surface area contributed by atoms with Gasteiger partial charge in [-0.25, -0.2) is 4.98 Å². The number of likely N-dealkylation sites (N-methyl/N-ethyl adjacent to an activating group) is 1. The lowest BCUT2D eigenvalue weighted by Crippen LogP contribution is -2.45. The van der Waals surface area contributed by atoms with Gasteiger partial charge in [0.2, 0.25) is 0 Å². The van der Waals surface area contributed by atoms with Crippen molar-refractivity contribution < 1.29 is 0 Å². The average molecular weight is 358 g/mol. The molecule has 0 spiro atoms. The number of hydrogen-bond donors (Lipinski definition) is 1. The summed E-state index contributed by atoms with van der Waals surface area (Å²) in [5.74, 6) is 1.04. The maximum Gasteiger partial charge on any atom is 0.173 e. The third kappa shape index (κ3) is 4.74. The molecule has 2 heterocycles. The highest BCUT2D eigenvalue weighted by molar-refractivity contribution is 6.30. The van der Waals surface area contributed by atoms with Crippen LogP contribution in [0, 0.1) is 0 Å². The van der Waals surface area contributed by atoms with Crippen LogP contribution < -0.4 is 10.6 Å². The summed E-state index contributed by atoms with van der Waals surface area (Å²) < 4.78 is 0. The number of nitrogens with two attached hydrogens (primary N) is 1. The van der Waals surface area contributed by atoms with Crippen LogP contribution in [-0.2, 0) is 0 Å². The summed E-state index contributed by atoms with van der Waals surface area (Å²) in [5, 5.41) is 8.70. The third-order valence-electron chi connectivity index (χ3n) is 3.95. The molecule has 0 atom stereocenters. The van der Waals surface area contributed by atoms with Gasteiger partial charge in [0, 0.05) is 31.2 Å². The fourth-order valence-corrected chi connectivity index (χ4v) is 2.55. The molecule has 25 heavy (non-hydrogen) atoms. The molecule has 0 radical (unpaired) electrons.